The van der Waals surface area contributed by atoms with Crippen LogP contribution in [-0.2, 0) is 16.3 Å². The topological polar surface area (TPSA) is 116 Å². The van der Waals surface area contributed by atoms with E-state index in [1.54, 1.807) is 0 Å². The van der Waals surface area contributed by atoms with Crippen LogP contribution in [0.1, 0.15) is 0 Å². The minimum atomic E-state index is -4.30. The average Bonchev–Trinajstić information content (AvgIpc) is 2.06. The molecule has 0 atom stereocenters. The molecule has 0 rings (SSSR count). The summed E-state index contributed by atoms with van der Waals surface area (Å²) in [5.41, 5.74) is -1.36. The normalized spacial score (nSPS) is 13.3. The van der Waals surface area contributed by atoms with Crippen LogP contribution in [0.5, 0.6) is 0 Å². The van der Waals surface area contributed by atoms with Crippen LogP contribution in [0.25, 0.3) is 0 Å². The van der Waals surface area contributed by atoms with E-state index in [0.717, 1.165) is 0 Å². The van der Waals surface area contributed by atoms with Gasteiger partial charge in [-0.05, 0) is 0 Å². The highest BCUT2D eigenvalue weighted by Crippen LogP contribution is 2.29. The number of aliphatic hydroxyl groups excluding tert-OH is 3. The van der Waals surface area contributed by atoms with Crippen molar-refractivity contribution in [1.29, 1.82) is 0 Å². The van der Waals surface area contributed by atoms with Gasteiger partial charge in [0.2, 0.25) is 0 Å². The fraction of sp³-hybridized carbons (Fsp3) is 1.00. The lowest BCUT2D eigenvalue weighted by atomic mass is 9.93. The average molecular weight is 230 g/mol. The molecule has 0 spiro atoms. The Morgan fingerprint density at radius 2 is 1.54 bits per heavy atom. The Hall–Kier alpha value is 0.410. The first-order chi connectivity index (χ1) is 5.89. The summed E-state index contributed by atoms with van der Waals surface area (Å²) in [6, 6.07) is 0. The summed E-state index contributed by atoms with van der Waals surface area (Å²) in [6.07, 6.45) is 0. The molecule has 80 valence electrons. The molecule has 0 fully saturated rings. The molecule has 0 bridgehead atoms. The van der Waals surface area contributed by atoms with Crippen molar-refractivity contribution in [3.05, 3.63) is 0 Å². The number of hydrogen-bond acceptors (Lipinski definition) is 7. The number of rotatable bonds is 6. The van der Waals surface area contributed by atoms with Crippen LogP contribution in [-0.4, -0.2) is 41.7 Å². The molecule has 0 aliphatic rings. The molecule has 0 saturated carbocycles. The van der Waals surface area contributed by atoms with E-state index in [4.69, 9.17) is 15.3 Å². The maximum Gasteiger partial charge on any atom is 0.0632 e. The van der Waals surface area contributed by atoms with Crippen molar-refractivity contribution in [2.75, 3.05) is 26.4 Å². The third-order valence-electron chi connectivity index (χ3n) is 1.54. The Morgan fingerprint density at radius 3 is 1.77 bits per heavy atom. The quantitative estimate of drug-likeness (QED) is 0.414. The lowest BCUT2D eigenvalue weighted by molar-refractivity contribution is -0.323. The van der Waals surface area contributed by atoms with Gasteiger partial charge in [0.1, 0.15) is 0 Å². The number of hydrogen-bond donors (Lipinski definition) is 3. The molecule has 0 saturated heterocycles. The van der Waals surface area contributed by atoms with E-state index >= 15 is 0 Å². The molecule has 13 heavy (non-hydrogen) atoms. The maximum atomic E-state index is 10.4. The van der Waals surface area contributed by atoms with Gasteiger partial charge in [-0.25, -0.2) is 0 Å². The number of aliphatic hydroxyl groups is 3. The zero-order valence-electron chi connectivity index (χ0n) is 6.75. The van der Waals surface area contributed by atoms with Crippen molar-refractivity contribution in [3.8, 4) is 0 Å². The summed E-state index contributed by atoms with van der Waals surface area (Å²) in [5, 5.41) is 26.2. The second-order valence-corrected chi connectivity index (χ2v) is 5.19. The summed E-state index contributed by atoms with van der Waals surface area (Å²) in [5.74, 6) is 0. The van der Waals surface area contributed by atoms with Crippen molar-refractivity contribution in [1.82, 2.24) is 0 Å². The molecule has 0 amide bonds. The van der Waals surface area contributed by atoms with Gasteiger partial charge >= 0.3 is 0 Å². The van der Waals surface area contributed by atoms with Crippen molar-refractivity contribution < 1.29 is 29.6 Å². The van der Waals surface area contributed by atoms with E-state index in [1.807, 2.05) is 0 Å². The van der Waals surface area contributed by atoms with Gasteiger partial charge < -0.3 is 29.6 Å². The van der Waals surface area contributed by atoms with Crippen LogP contribution in [0, 0.1) is 5.41 Å². The molecule has 6 nitrogen and oxygen atoms in total. The molecule has 3 N–H and O–H groups in total. The smallest absolute Gasteiger partial charge is 0.0632 e. The molecule has 0 heterocycles. The first kappa shape index (κ1) is 13.4. The van der Waals surface area contributed by atoms with E-state index < -0.39 is 38.6 Å². The second-order valence-electron chi connectivity index (χ2n) is 2.69. The van der Waals surface area contributed by atoms with Gasteiger partial charge in [-0.3, -0.25) is 0 Å². The van der Waals surface area contributed by atoms with Crippen molar-refractivity contribution in [2.45, 2.75) is 0 Å². The molecule has 0 aromatic carbocycles. The zero-order chi connectivity index (χ0) is 10.5. The molecule has 0 aliphatic carbocycles. The second kappa shape index (κ2) is 5.33. The summed E-state index contributed by atoms with van der Waals surface area (Å²) in [7, 11) is 0. The van der Waals surface area contributed by atoms with Crippen LogP contribution >= 0.6 is 6.72 Å². The van der Waals surface area contributed by atoms with Gasteiger partial charge in [0.25, 0.3) is 0 Å². The minimum absolute atomic E-state index is 0.527. The minimum Gasteiger partial charge on any atom is -0.812 e. The molecule has 0 aromatic rings. The lowest BCUT2D eigenvalue weighted by Crippen LogP contribution is -2.39. The molecule has 0 aromatic heterocycles. The summed E-state index contributed by atoms with van der Waals surface area (Å²) >= 11 is 3.93. The Labute approximate surface area is 80.7 Å². The third-order valence-corrected chi connectivity index (χ3v) is 2.30. The van der Waals surface area contributed by atoms with Gasteiger partial charge in [-0.15, -0.1) is 11.8 Å². The van der Waals surface area contributed by atoms with Crippen LogP contribution in [0.4, 0.5) is 0 Å². The van der Waals surface area contributed by atoms with E-state index in [0.29, 0.717) is 0 Å². The van der Waals surface area contributed by atoms with Crippen LogP contribution in [0.15, 0.2) is 0 Å². The molecule has 0 aliphatic heterocycles. The third kappa shape index (κ3) is 4.99. The first-order valence-electron chi connectivity index (χ1n) is 3.38. The predicted octanol–water partition coefficient (Wildman–Crippen LogP) is -3.09. The highest BCUT2D eigenvalue weighted by Gasteiger charge is 2.28. The van der Waals surface area contributed by atoms with E-state index in [2.05, 4.69) is 16.3 Å². The maximum absolute atomic E-state index is 10.4. The van der Waals surface area contributed by atoms with Crippen LogP contribution in [0.2, 0.25) is 0 Å². The largest absolute Gasteiger partial charge is 0.812 e. The molecule has 0 radical (unpaired) electrons. The standard InChI is InChI=1S/C5H13O6PS/c6-1-5(2-7,3-8)4-11-12(9,10)13/h6-8H,1-4H2,(H2,9,10,13)/p-2. The van der Waals surface area contributed by atoms with Crippen LogP contribution < -0.4 is 9.79 Å². The summed E-state index contributed by atoms with van der Waals surface area (Å²) < 4.78 is 4.20. The van der Waals surface area contributed by atoms with Gasteiger partial charge in [-0.1, -0.05) is 6.72 Å². The van der Waals surface area contributed by atoms with Crippen molar-refractivity contribution in [2.24, 2.45) is 5.41 Å². The van der Waals surface area contributed by atoms with E-state index in [1.165, 1.54) is 0 Å². The fourth-order valence-electron chi connectivity index (χ4n) is 0.503. The van der Waals surface area contributed by atoms with Crippen molar-refractivity contribution in [3.63, 3.8) is 0 Å². The highest BCUT2D eigenvalue weighted by molar-refractivity contribution is 8.05. The summed E-state index contributed by atoms with van der Waals surface area (Å²) in [4.78, 5) is 20.8. The Morgan fingerprint density at radius 1 is 1.15 bits per heavy atom. The van der Waals surface area contributed by atoms with Gasteiger partial charge in [0.05, 0.1) is 31.8 Å². The molecule has 0 unspecified atom stereocenters. The lowest BCUT2D eigenvalue weighted by Gasteiger charge is -2.38. The Balaban J connectivity index is 4.19. The highest BCUT2D eigenvalue weighted by atomic mass is 32.5. The fourth-order valence-corrected chi connectivity index (χ4v) is 1.09. The monoisotopic (exact) mass is 230 g/mol. The van der Waals surface area contributed by atoms with E-state index in [9.17, 15) is 9.79 Å². The zero-order valence-corrected chi connectivity index (χ0v) is 8.46. The molecular weight excluding hydrogens is 219 g/mol. The van der Waals surface area contributed by atoms with Crippen LogP contribution in [0.3, 0.4) is 0 Å². The van der Waals surface area contributed by atoms with E-state index in [-0.39, 0.29) is 0 Å². The molecular formula is C5H11O6PS-2. The van der Waals surface area contributed by atoms with Gasteiger partial charge in [0.15, 0.2) is 0 Å². The SMILES string of the molecule is [O-]P([O-])(=S)OCC(CO)(CO)CO. The Bertz CT molecular complexity index is 179. The first-order valence-corrected chi connectivity index (χ1v) is 5.94. The summed E-state index contributed by atoms with van der Waals surface area (Å²) in [6.45, 7) is -6.59. The molecule has 8 heteroatoms. The van der Waals surface area contributed by atoms with Gasteiger partial charge in [-0.2, -0.15) is 0 Å². The Kier molecular flexibility index (Phi) is 5.50. The van der Waals surface area contributed by atoms with Crippen molar-refractivity contribution >= 4 is 18.5 Å². The van der Waals surface area contributed by atoms with Gasteiger partial charge in [0, 0.05) is 0 Å². The predicted molar refractivity (Wildman–Crippen MR) is 43.9 cm³/mol.